The van der Waals surface area contributed by atoms with E-state index in [2.05, 4.69) is 29.9 Å². The molecule has 16 nitrogen and oxygen atoms in total. The summed E-state index contributed by atoms with van der Waals surface area (Å²) in [6.45, 7) is 13.7. The summed E-state index contributed by atoms with van der Waals surface area (Å²) in [5.41, 5.74) is 3.24. The molecular formula is C40H53ClN8O8S2. The number of aliphatic hydroxyl groups excluding tert-OH is 1. The van der Waals surface area contributed by atoms with E-state index in [-0.39, 0.29) is 34.5 Å². The van der Waals surface area contributed by atoms with Crippen LogP contribution < -0.4 is 14.2 Å². The first-order valence-corrected chi connectivity index (χ1v) is 23.4. The predicted octanol–water partition coefficient (Wildman–Crippen LogP) is 5.98. The molecule has 4 aliphatic rings. The largest absolute Gasteiger partial charge is 0.474 e. The first-order valence-electron chi connectivity index (χ1n) is 19.8. The standard InChI is InChI=1S/C20H26N4O4S.C11H10ClN3O.C9H17NO3S/c1-4-8-29(25,26)24-11-20(12-24)9-16(10-20)27-18-14(2)19(23-13-22-18)28-17-6-5-7-21-15(17)3;1-7-10(12)14-6-15-11(7)16-9-4-3-5-13-8(9)2;1-2-3-14(12,13)10-6-9(7-10)4-8(11)5-9/h5-7,13,16H,4,8-12H2,1-3H3;3-6H,1-2H3;8,11H,2-7H2,1H3. The number of hydrogen-bond acceptors (Lipinski definition) is 14. The molecule has 2 aliphatic heterocycles. The molecule has 8 rings (SSSR count). The maximum absolute atomic E-state index is 12.1. The van der Waals surface area contributed by atoms with Gasteiger partial charge in [0.25, 0.3) is 0 Å². The zero-order valence-corrected chi connectivity index (χ0v) is 36.7. The highest BCUT2D eigenvalue weighted by molar-refractivity contribution is 7.89. The monoisotopic (exact) mass is 872 g/mol. The van der Waals surface area contributed by atoms with Gasteiger partial charge in [-0.05, 0) is 90.5 Å². The van der Waals surface area contributed by atoms with Crippen molar-refractivity contribution in [3.05, 3.63) is 77.0 Å². The van der Waals surface area contributed by atoms with Crippen LogP contribution in [0, 0.1) is 38.5 Å². The number of aliphatic hydroxyl groups is 1. The molecule has 2 saturated carbocycles. The lowest BCUT2D eigenvalue weighted by Crippen LogP contribution is -2.66. The van der Waals surface area contributed by atoms with Crippen molar-refractivity contribution in [2.24, 2.45) is 10.8 Å². The number of hydrogen-bond donors (Lipinski definition) is 1. The molecule has 0 bridgehead atoms. The van der Waals surface area contributed by atoms with Gasteiger partial charge in [-0.3, -0.25) is 9.97 Å². The summed E-state index contributed by atoms with van der Waals surface area (Å²) in [5.74, 6) is 3.20. The van der Waals surface area contributed by atoms with Crippen LogP contribution in [-0.2, 0) is 20.0 Å². The van der Waals surface area contributed by atoms with E-state index < -0.39 is 20.0 Å². The Hall–Kier alpha value is -4.07. The molecule has 320 valence electrons. The van der Waals surface area contributed by atoms with Crippen LogP contribution in [0.2, 0.25) is 5.15 Å². The van der Waals surface area contributed by atoms with Crippen molar-refractivity contribution < 1.29 is 36.2 Å². The van der Waals surface area contributed by atoms with Gasteiger partial charge in [0.2, 0.25) is 37.7 Å². The van der Waals surface area contributed by atoms with Gasteiger partial charge in [0.05, 0.1) is 34.6 Å². The van der Waals surface area contributed by atoms with Crippen LogP contribution in [0.4, 0.5) is 0 Å². The Kier molecular flexibility index (Phi) is 13.8. The van der Waals surface area contributed by atoms with Crippen LogP contribution in [0.3, 0.4) is 0 Å². The Morgan fingerprint density at radius 2 is 1.12 bits per heavy atom. The molecule has 4 fully saturated rings. The van der Waals surface area contributed by atoms with Crippen molar-refractivity contribution >= 4 is 31.6 Å². The quantitative estimate of drug-likeness (QED) is 0.163. The molecule has 6 heterocycles. The second kappa shape index (κ2) is 18.3. The smallest absolute Gasteiger partial charge is 0.229 e. The van der Waals surface area contributed by atoms with Gasteiger partial charge in [-0.1, -0.05) is 25.4 Å². The van der Waals surface area contributed by atoms with Crippen molar-refractivity contribution in [2.45, 2.75) is 92.3 Å². The molecule has 19 heteroatoms. The van der Waals surface area contributed by atoms with Crippen molar-refractivity contribution in [1.29, 1.82) is 0 Å². The summed E-state index contributed by atoms with van der Waals surface area (Å²) < 4.78 is 68.2. The van der Waals surface area contributed by atoms with Gasteiger partial charge in [0, 0.05) is 55.0 Å². The van der Waals surface area contributed by atoms with Crippen LogP contribution >= 0.6 is 11.6 Å². The summed E-state index contributed by atoms with van der Waals surface area (Å²) in [5, 5.41) is 9.57. The van der Waals surface area contributed by atoms with E-state index in [1.165, 1.54) is 12.7 Å². The lowest BCUT2D eigenvalue weighted by Gasteiger charge is -2.57. The van der Waals surface area contributed by atoms with Gasteiger partial charge in [0.1, 0.15) is 23.9 Å². The molecule has 59 heavy (non-hydrogen) atoms. The van der Waals surface area contributed by atoms with Gasteiger partial charge in [0.15, 0.2) is 11.5 Å². The van der Waals surface area contributed by atoms with Crippen molar-refractivity contribution in [3.63, 3.8) is 0 Å². The van der Waals surface area contributed by atoms with E-state index in [0.717, 1.165) is 42.6 Å². The van der Waals surface area contributed by atoms with Gasteiger partial charge < -0.3 is 19.3 Å². The van der Waals surface area contributed by atoms with Crippen LogP contribution in [-0.4, -0.2) is 110 Å². The molecular weight excluding hydrogens is 820 g/mol. The maximum Gasteiger partial charge on any atom is 0.229 e. The highest BCUT2D eigenvalue weighted by atomic mass is 35.5. The van der Waals surface area contributed by atoms with Crippen LogP contribution in [0.5, 0.6) is 29.1 Å². The van der Waals surface area contributed by atoms with E-state index in [9.17, 15) is 21.9 Å². The molecule has 2 aliphatic carbocycles. The third kappa shape index (κ3) is 10.5. The molecule has 0 aromatic carbocycles. The molecule has 1 N–H and O–H groups in total. The van der Waals surface area contributed by atoms with E-state index >= 15 is 0 Å². The fraction of sp³-hybridized carbons (Fsp3) is 0.550. The third-order valence-corrected chi connectivity index (χ3v) is 15.3. The first-order chi connectivity index (χ1) is 28.0. The third-order valence-electron chi connectivity index (χ3n) is 11.0. The van der Waals surface area contributed by atoms with Crippen molar-refractivity contribution in [1.82, 2.24) is 38.5 Å². The van der Waals surface area contributed by atoms with Crippen molar-refractivity contribution in [2.75, 3.05) is 37.7 Å². The second-order valence-electron chi connectivity index (χ2n) is 16.0. The topological polar surface area (TPSA) is 200 Å². The Bertz CT molecular complexity index is 2310. The number of aromatic nitrogens is 6. The lowest BCUT2D eigenvalue weighted by molar-refractivity contribution is -0.0982. The number of halogens is 1. The van der Waals surface area contributed by atoms with Gasteiger partial charge in [-0.25, -0.2) is 45.4 Å². The summed E-state index contributed by atoms with van der Waals surface area (Å²) in [6, 6.07) is 7.29. The van der Waals surface area contributed by atoms with Gasteiger partial charge >= 0.3 is 0 Å². The first kappa shape index (κ1) is 44.5. The minimum atomic E-state index is -3.09. The number of aryl methyl sites for hydroxylation is 2. The van der Waals surface area contributed by atoms with Gasteiger partial charge in [-0.15, -0.1) is 0 Å². The predicted molar refractivity (Wildman–Crippen MR) is 222 cm³/mol. The van der Waals surface area contributed by atoms with E-state index in [4.69, 9.17) is 25.8 Å². The minimum Gasteiger partial charge on any atom is -0.474 e. The zero-order chi connectivity index (χ0) is 42.6. The SMILES string of the molecule is CCCS(=O)(=O)N1CC2(CC(O)C2)C1.CCCS(=O)(=O)N1CC2(CC(Oc3ncnc(Oc4cccnc4C)c3C)C2)C1.Cc1ncccc1Oc1ncnc(Cl)c1C. The highest BCUT2D eigenvalue weighted by Gasteiger charge is 2.56. The number of sulfonamides is 2. The molecule has 0 amide bonds. The lowest BCUT2D eigenvalue weighted by atomic mass is 9.63. The zero-order valence-electron chi connectivity index (χ0n) is 34.3. The Morgan fingerprint density at radius 3 is 1.58 bits per heavy atom. The Labute approximate surface area is 351 Å². The molecule has 4 aromatic heterocycles. The molecule has 0 atom stereocenters. The second-order valence-corrected chi connectivity index (χ2v) is 20.5. The summed E-state index contributed by atoms with van der Waals surface area (Å²) in [7, 11) is -6.08. The molecule has 2 spiro atoms. The fourth-order valence-electron chi connectivity index (χ4n) is 7.70. The van der Waals surface area contributed by atoms with Crippen LogP contribution in [0.15, 0.2) is 49.3 Å². The van der Waals surface area contributed by atoms with Crippen LogP contribution in [0.1, 0.15) is 74.9 Å². The minimum absolute atomic E-state index is 0.0348. The molecule has 0 unspecified atom stereocenters. The van der Waals surface area contributed by atoms with E-state index in [1.54, 1.807) is 27.1 Å². The summed E-state index contributed by atoms with van der Waals surface area (Å²) in [6.07, 6.45) is 10.6. The number of ether oxygens (including phenoxy) is 3. The van der Waals surface area contributed by atoms with Crippen LogP contribution in [0.25, 0.3) is 0 Å². The molecule has 2 saturated heterocycles. The Morgan fingerprint density at radius 1 is 0.678 bits per heavy atom. The highest BCUT2D eigenvalue weighted by Crippen LogP contribution is 2.51. The maximum atomic E-state index is 12.1. The number of rotatable bonds is 12. The number of nitrogens with zero attached hydrogens (tertiary/aromatic N) is 8. The summed E-state index contributed by atoms with van der Waals surface area (Å²) in [4.78, 5) is 24.7. The molecule has 4 aromatic rings. The van der Waals surface area contributed by atoms with E-state index in [0.29, 0.717) is 78.9 Å². The molecule has 0 radical (unpaired) electrons. The number of pyridine rings is 2. The van der Waals surface area contributed by atoms with Gasteiger partial charge in [-0.2, -0.15) is 0 Å². The Balaban J connectivity index is 0.000000164. The normalized spacial score (nSPS) is 18.5. The fourth-order valence-corrected chi connectivity index (χ4v) is 11.3. The van der Waals surface area contributed by atoms with Crippen molar-refractivity contribution in [3.8, 4) is 29.1 Å². The summed E-state index contributed by atoms with van der Waals surface area (Å²) >= 11 is 5.87. The average molecular weight is 873 g/mol. The van der Waals surface area contributed by atoms with E-state index in [1.807, 2.05) is 59.7 Å². The average Bonchev–Trinajstić information content (AvgIpc) is 3.12.